The van der Waals surface area contributed by atoms with Crippen LogP contribution in [0.1, 0.15) is 10.6 Å². The topological polar surface area (TPSA) is 68.5 Å². The number of nitrogens with zero attached hydrogens (tertiary/aromatic N) is 4. The van der Waals surface area contributed by atoms with Crippen molar-refractivity contribution in [2.45, 2.75) is 13.5 Å². The minimum absolute atomic E-state index is 0.0876. The Balaban J connectivity index is 1.72. The number of benzene rings is 1. The smallest absolute Gasteiger partial charge is 0.291 e. The Hall–Kier alpha value is -2.93. The van der Waals surface area contributed by atoms with Crippen LogP contribution < -0.4 is 5.56 Å². The fourth-order valence-electron chi connectivity index (χ4n) is 3.46. The maximum Gasteiger partial charge on any atom is 0.291 e. The molecule has 0 spiro atoms. The van der Waals surface area contributed by atoms with Crippen LogP contribution in [0.25, 0.3) is 32.2 Å². The lowest BCUT2D eigenvalue weighted by molar-refractivity contribution is 0.647. The van der Waals surface area contributed by atoms with Crippen LogP contribution in [-0.4, -0.2) is 24.3 Å². The third-order valence-electron chi connectivity index (χ3n) is 4.64. The third kappa shape index (κ3) is 1.99. The van der Waals surface area contributed by atoms with Gasteiger partial charge in [0, 0.05) is 29.5 Å². The highest BCUT2D eigenvalue weighted by Gasteiger charge is 2.17. The number of hydrogen-bond donors (Lipinski definition) is 1. The van der Waals surface area contributed by atoms with Crippen LogP contribution in [0, 0.1) is 6.92 Å². The zero-order valence-corrected chi connectivity index (χ0v) is 14.6. The van der Waals surface area contributed by atoms with E-state index in [1.165, 1.54) is 4.68 Å². The molecule has 5 aromatic rings. The summed E-state index contributed by atoms with van der Waals surface area (Å²) in [6.07, 6.45) is 3.70. The number of hydrogen-bond acceptors (Lipinski definition) is 4. The van der Waals surface area contributed by atoms with Crippen LogP contribution in [0.15, 0.2) is 41.5 Å². The first-order valence-electron chi connectivity index (χ1n) is 8.00. The van der Waals surface area contributed by atoms with E-state index >= 15 is 0 Å². The van der Waals surface area contributed by atoms with Crippen molar-refractivity contribution in [3.63, 3.8) is 0 Å². The lowest BCUT2D eigenvalue weighted by Crippen LogP contribution is -2.24. The van der Waals surface area contributed by atoms with Crippen LogP contribution in [-0.2, 0) is 13.6 Å². The molecule has 0 unspecified atom stereocenters. The van der Waals surface area contributed by atoms with Crippen molar-refractivity contribution in [1.29, 1.82) is 0 Å². The van der Waals surface area contributed by atoms with E-state index in [1.54, 1.807) is 17.5 Å². The Morgan fingerprint density at radius 1 is 1.24 bits per heavy atom. The number of aryl methyl sites for hydroxylation is 2. The number of aromatic nitrogens is 5. The second-order valence-corrected chi connectivity index (χ2v) is 7.37. The molecule has 1 aromatic carbocycles. The molecule has 6 nitrogen and oxygen atoms in total. The van der Waals surface area contributed by atoms with Gasteiger partial charge in [-0.3, -0.25) is 4.79 Å². The number of thiazole rings is 1. The van der Waals surface area contributed by atoms with Crippen molar-refractivity contribution in [3.05, 3.63) is 57.6 Å². The Morgan fingerprint density at radius 3 is 3.00 bits per heavy atom. The molecule has 0 radical (unpaired) electrons. The first-order chi connectivity index (χ1) is 12.1. The van der Waals surface area contributed by atoms with E-state index in [-0.39, 0.29) is 5.56 Å². The molecule has 4 heterocycles. The SMILES string of the molecule is Cc1nc2c(s1)c1cnn(Cc3cccc4[nH]ccc34)c(=O)c1n2C. The fraction of sp³-hybridized carbons (Fsp3) is 0.167. The van der Waals surface area contributed by atoms with Crippen LogP contribution in [0.2, 0.25) is 0 Å². The number of nitrogens with one attached hydrogen (secondary N) is 1. The highest BCUT2D eigenvalue weighted by atomic mass is 32.1. The predicted molar refractivity (Wildman–Crippen MR) is 100 cm³/mol. The van der Waals surface area contributed by atoms with E-state index in [9.17, 15) is 4.79 Å². The average Bonchev–Trinajstić information content (AvgIpc) is 3.27. The third-order valence-corrected chi connectivity index (χ3v) is 5.63. The molecule has 0 aliphatic rings. The van der Waals surface area contributed by atoms with Gasteiger partial charge in [-0.25, -0.2) is 9.67 Å². The van der Waals surface area contributed by atoms with Crippen molar-refractivity contribution >= 4 is 43.5 Å². The molecule has 5 rings (SSSR count). The molecule has 0 aliphatic heterocycles. The first kappa shape index (κ1) is 14.4. The van der Waals surface area contributed by atoms with Crippen LogP contribution >= 0.6 is 11.3 Å². The van der Waals surface area contributed by atoms with Gasteiger partial charge in [-0.05, 0) is 24.6 Å². The molecule has 0 saturated heterocycles. The second kappa shape index (κ2) is 5.03. The van der Waals surface area contributed by atoms with Crippen molar-refractivity contribution < 1.29 is 0 Å². The molecule has 0 amide bonds. The summed E-state index contributed by atoms with van der Waals surface area (Å²) in [6.45, 7) is 2.41. The van der Waals surface area contributed by atoms with Crippen molar-refractivity contribution in [2.75, 3.05) is 0 Å². The Morgan fingerprint density at radius 2 is 2.12 bits per heavy atom. The lowest BCUT2D eigenvalue weighted by atomic mass is 10.1. The first-order valence-corrected chi connectivity index (χ1v) is 8.82. The standard InChI is InChI=1S/C18H15N5OS/c1-10-21-17-16(25-10)13-8-20-23(18(24)15(13)22(17)2)9-11-4-3-5-14-12(11)6-7-19-14/h3-8,19H,9H2,1-2H3. The molecule has 0 fully saturated rings. The monoisotopic (exact) mass is 349 g/mol. The maximum absolute atomic E-state index is 13.0. The minimum atomic E-state index is -0.0876. The average molecular weight is 349 g/mol. The normalized spacial score (nSPS) is 11.9. The van der Waals surface area contributed by atoms with Crippen molar-refractivity contribution in [2.24, 2.45) is 7.05 Å². The van der Waals surface area contributed by atoms with E-state index in [4.69, 9.17) is 0 Å². The van der Waals surface area contributed by atoms with E-state index in [2.05, 4.69) is 15.1 Å². The number of fused-ring (bicyclic) bond motifs is 4. The zero-order valence-electron chi connectivity index (χ0n) is 13.8. The van der Waals surface area contributed by atoms with Gasteiger partial charge in [0.2, 0.25) is 0 Å². The molecule has 0 aliphatic carbocycles. The van der Waals surface area contributed by atoms with Gasteiger partial charge in [0.1, 0.15) is 5.52 Å². The molecule has 4 aromatic heterocycles. The second-order valence-electron chi connectivity index (χ2n) is 6.17. The highest BCUT2D eigenvalue weighted by Crippen LogP contribution is 2.30. The van der Waals surface area contributed by atoms with Gasteiger partial charge >= 0.3 is 0 Å². The minimum Gasteiger partial charge on any atom is -0.361 e. The Kier molecular flexibility index (Phi) is 2.90. The van der Waals surface area contributed by atoms with E-state index < -0.39 is 0 Å². The molecular formula is C18H15N5OS. The summed E-state index contributed by atoms with van der Waals surface area (Å²) in [4.78, 5) is 20.8. The van der Waals surface area contributed by atoms with Crippen LogP contribution in [0.4, 0.5) is 0 Å². The Bertz CT molecular complexity index is 1320. The largest absolute Gasteiger partial charge is 0.361 e. The summed E-state index contributed by atoms with van der Waals surface area (Å²) in [5.74, 6) is 0. The van der Waals surface area contributed by atoms with Gasteiger partial charge in [0.05, 0.1) is 22.4 Å². The van der Waals surface area contributed by atoms with Gasteiger partial charge in [-0.1, -0.05) is 12.1 Å². The van der Waals surface area contributed by atoms with Gasteiger partial charge in [-0.15, -0.1) is 11.3 Å². The zero-order chi connectivity index (χ0) is 17.1. The molecule has 0 saturated carbocycles. The quantitative estimate of drug-likeness (QED) is 0.532. The predicted octanol–water partition coefficient (Wildman–Crippen LogP) is 3.18. The van der Waals surface area contributed by atoms with Gasteiger partial charge in [-0.2, -0.15) is 5.10 Å². The van der Waals surface area contributed by atoms with Gasteiger partial charge in [0.15, 0.2) is 5.65 Å². The van der Waals surface area contributed by atoms with Crippen LogP contribution in [0.5, 0.6) is 0 Å². The van der Waals surface area contributed by atoms with E-state index in [0.29, 0.717) is 12.1 Å². The highest BCUT2D eigenvalue weighted by molar-refractivity contribution is 7.19. The summed E-state index contributed by atoms with van der Waals surface area (Å²) in [7, 11) is 1.89. The van der Waals surface area contributed by atoms with E-state index in [0.717, 1.165) is 37.2 Å². The summed E-state index contributed by atoms with van der Waals surface area (Å²) < 4.78 is 4.44. The van der Waals surface area contributed by atoms with Gasteiger partial charge < -0.3 is 9.55 Å². The fourth-order valence-corrected chi connectivity index (χ4v) is 4.42. The number of rotatable bonds is 2. The van der Waals surface area contributed by atoms with Crippen LogP contribution in [0.3, 0.4) is 0 Å². The Labute approximate surface area is 146 Å². The summed E-state index contributed by atoms with van der Waals surface area (Å²) in [5.41, 5.74) is 3.55. The number of aromatic amines is 1. The molecule has 0 bridgehead atoms. The summed E-state index contributed by atoms with van der Waals surface area (Å²) in [6, 6.07) is 8.07. The summed E-state index contributed by atoms with van der Waals surface area (Å²) >= 11 is 1.60. The molecular weight excluding hydrogens is 334 g/mol. The summed E-state index contributed by atoms with van der Waals surface area (Å²) in [5, 5.41) is 7.41. The molecule has 124 valence electrons. The molecule has 1 N–H and O–H groups in total. The van der Waals surface area contributed by atoms with E-state index in [1.807, 2.05) is 49.0 Å². The van der Waals surface area contributed by atoms with Gasteiger partial charge in [0.25, 0.3) is 5.56 Å². The van der Waals surface area contributed by atoms with Crippen molar-refractivity contribution in [1.82, 2.24) is 24.3 Å². The molecule has 7 heteroatoms. The lowest BCUT2D eigenvalue weighted by Gasteiger charge is -2.07. The molecule has 0 atom stereocenters. The maximum atomic E-state index is 13.0. The number of H-pyrrole nitrogens is 1. The molecule has 25 heavy (non-hydrogen) atoms. The van der Waals surface area contributed by atoms with Crippen molar-refractivity contribution in [3.8, 4) is 0 Å².